The van der Waals surface area contributed by atoms with Gasteiger partial charge >= 0.3 is 0 Å². The minimum atomic E-state index is -0.428. The lowest BCUT2D eigenvalue weighted by molar-refractivity contribution is -0.150. The van der Waals surface area contributed by atoms with Crippen molar-refractivity contribution in [2.24, 2.45) is 5.16 Å². The second kappa shape index (κ2) is 3.24. The normalized spacial score (nSPS) is 40.1. The first-order valence-corrected chi connectivity index (χ1v) is 4.73. The molecule has 0 aromatic carbocycles. The van der Waals surface area contributed by atoms with Crippen LogP contribution in [0.5, 0.6) is 0 Å². The summed E-state index contributed by atoms with van der Waals surface area (Å²) in [6.45, 7) is 2.00. The molecular formula is C11H14NO2. The smallest absolute Gasteiger partial charge is 0.173 e. The van der Waals surface area contributed by atoms with Gasteiger partial charge in [-0.2, -0.15) is 0 Å². The third-order valence-corrected chi connectivity index (χ3v) is 3.02. The number of ether oxygens (including phenoxy) is 1. The van der Waals surface area contributed by atoms with Crippen LogP contribution in [0.3, 0.4) is 0 Å². The first-order chi connectivity index (χ1) is 6.72. The fourth-order valence-electron chi connectivity index (χ4n) is 1.94. The number of nitrogens with zero attached hydrogens (tertiary/aromatic N) is 1. The number of rotatable bonds is 2. The largest absolute Gasteiger partial charge is 0.385 e. The molecule has 0 bridgehead atoms. The van der Waals surface area contributed by atoms with E-state index in [0.717, 1.165) is 6.42 Å². The van der Waals surface area contributed by atoms with Crippen LogP contribution in [-0.4, -0.2) is 24.5 Å². The van der Waals surface area contributed by atoms with Gasteiger partial charge in [0.15, 0.2) is 5.60 Å². The summed E-state index contributed by atoms with van der Waals surface area (Å²) in [6.07, 6.45) is 12.4. The minimum Gasteiger partial charge on any atom is -0.385 e. The summed E-state index contributed by atoms with van der Waals surface area (Å²) in [7, 11) is 1.70. The number of hydrogen-bond acceptors (Lipinski definition) is 3. The summed E-state index contributed by atoms with van der Waals surface area (Å²) >= 11 is 0. The Bertz CT molecular complexity index is 298. The first kappa shape index (κ1) is 9.46. The van der Waals surface area contributed by atoms with Crippen molar-refractivity contribution in [3.63, 3.8) is 0 Å². The van der Waals surface area contributed by atoms with Crippen LogP contribution >= 0.6 is 0 Å². The number of methoxy groups -OCH3 is 1. The van der Waals surface area contributed by atoms with Gasteiger partial charge in [0.2, 0.25) is 0 Å². The van der Waals surface area contributed by atoms with Gasteiger partial charge in [0.05, 0.1) is 0 Å². The molecule has 0 amide bonds. The lowest BCUT2D eigenvalue weighted by atomic mass is 9.77. The summed E-state index contributed by atoms with van der Waals surface area (Å²) in [4.78, 5) is 5.38. The van der Waals surface area contributed by atoms with Crippen molar-refractivity contribution in [2.75, 3.05) is 7.11 Å². The van der Waals surface area contributed by atoms with Crippen molar-refractivity contribution in [3.05, 3.63) is 24.3 Å². The zero-order valence-corrected chi connectivity index (χ0v) is 8.49. The van der Waals surface area contributed by atoms with E-state index < -0.39 is 11.2 Å². The topological polar surface area (TPSA) is 30.8 Å². The Morgan fingerprint density at radius 3 is 2.86 bits per heavy atom. The van der Waals surface area contributed by atoms with Crippen molar-refractivity contribution in [1.29, 1.82) is 0 Å². The fraction of sp³-hybridized carbons (Fsp3) is 0.545. The summed E-state index contributed by atoms with van der Waals surface area (Å²) in [6, 6.07) is 0. The molecule has 2 unspecified atom stereocenters. The highest BCUT2D eigenvalue weighted by Gasteiger charge is 2.51. The van der Waals surface area contributed by atoms with E-state index in [-0.39, 0.29) is 0 Å². The molecule has 14 heavy (non-hydrogen) atoms. The van der Waals surface area contributed by atoms with Crippen molar-refractivity contribution in [2.45, 2.75) is 31.0 Å². The van der Waals surface area contributed by atoms with Gasteiger partial charge in [0.25, 0.3) is 0 Å². The van der Waals surface area contributed by atoms with Crippen LogP contribution in [-0.2, 0) is 9.57 Å². The highest BCUT2D eigenvalue weighted by molar-refractivity contribution is 5.60. The molecule has 1 aliphatic heterocycles. The molecule has 2 rings (SSSR count). The molecule has 0 N–H and O–H groups in total. The number of hydrogen-bond donors (Lipinski definition) is 0. The zero-order valence-electron chi connectivity index (χ0n) is 8.49. The van der Waals surface area contributed by atoms with Crippen LogP contribution in [0.4, 0.5) is 0 Å². The van der Waals surface area contributed by atoms with E-state index >= 15 is 0 Å². The summed E-state index contributed by atoms with van der Waals surface area (Å²) in [5.74, 6) is 0. The van der Waals surface area contributed by atoms with Crippen molar-refractivity contribution < 1.29 is 9.57 Å². The van der Waals surface area contributed by atoms with Crippen molar-refractivity contribution in [3.8, 4) is 0 Å². The van der Waals surface area contributed by atoms with Crippen LogP contribution in [0.15, 0.2) is 29.5 Å². The molecule has 0 spiro atoms. The van der Waals surface area contributed by atoms with Crippen LogP contribution in [0.25, 0.3) is 0 Å². The maximum Gasteiger partial charge on any atom is 0.173 e. The molecule has 1 aliphatic carbocycles. The van der Waals surface area contributed by atoms with E-state index in [4.69, 9.17) is 9.57 Å². The third kappa shape index (κ3) is 1.20. The molecule has 2 atom stereocenters. The predicted octanol–water partition coefficient (Wildman–Crippen LogP) is 1.93. The van der Waals surface area contributed by atoms with Gasteiger partial charge in [0.1, 0.15) is 11.8 Å². The van der Waals surface area contributed by atoms with E-state index in [2.05, 4.69) is 17.4 Å². The molecule has 2 aliphatic rings. The Hall–Kier alpha value is -1.09. The summed E-state index contributed by atoms with van der Waals surface area (Å²) in [5.41, 5.74) is -0.836. The molecule has 75 valence electrons. The Labute approximate surface area is 84.1 Å². The Morgan fingerprint density at radius 1 is 1.50 bits per heavy atom. The maximum absolute atomic E-state index is 5.60. The molecule has 3 heteroatoms. The molecule has 0 saturated heterocycles. The van der Waals surface area contributed by atoms with E-state index in [1.165, 1.54) is 0 Å². The molecule has 1 radical (unpaired) electrons. The Balaban J connectivity index is 2.28. The lowest BCUT2D eigenvalue weighted by Gasteiger charge is -2.41. The molecule has 0 fully saturated rings. The van der Waals surface area contributed by atoms with Crippen molar-refractivity contribution >= 4 is 6.21 Å². The molecule has 1 heterocycles. The van der Waals surface area contributed by atoms with Gasteiger partial charge in [-0.1, -0.05) is 23.4 Å². The van der Waals surface area contributed by atoms with Gasteiger partial charge in [0, 0.05) is 20.0 Å². The SMILES string of the molecule is COC1(C2(C)C[C]=NO2)C=CC=CC1. The average Bonchev–Trinajstić information content (AvgIpc) is 2.68. The lowest BCUT2D eigenvalue weighted by Crippen LogP contribution is -2.52. The standard InChI is InChI=1S/C11H14NO2/c1-10(8-9-12-14-10)11(13-2)6-4-3-5-7-11/h3-6H,7-8H2,1-2H3. The van der Waals surface area contributed by atoms with Gasteiger partial charge in [-0.3, -0.25) is 0 Å². The average molecular weight is 192 g/mol. The first-order valence-electron chi connectivity index (χ1n) is 4.73. The maximum atomic E-state index is 5.60. The van der Waals surface area contributed by atoms with Gasteiger partial charge in [-0.05, 0) is 13.0 Å². The van der Waals surface area contributed by atoms with Crippen molar-refractivity contribution in [1.82, 2.24) is 0 Å². The summed E-state index contributed by atoms with van der Waals surface area (Å²) < 4.78 is 5.60. The highest BCUT2D eigenvalue weighted by Crippen LogP contribution is 2.40. The molecule has 0 aromatic heterocycles. The van der Waals surface area contributed by atoms with E-state index in [1.54, 1.807) is 7.11 Å². The second-order valence-corrected chi connectivity index (χ2v) is 3.83. The third-order valence-electron chi connectivity index (χ3n) is 3.02. The Kier molecular flexibility index (Phi) is 2.19. The van der Waals surface area contributed by atoms with Crippen LogP contribution < -0.4 is 0 Å². The van der Waals surface area contributed by atoms with Gasteiger partial charge in [-0.15, -0.1) is 0 Å². The predicted molar refractivity (Wildman–Crippen MR) is 54.2 cm³/mol. The zero-order chi connectivity index (χ0) is 10.1. The van der Waals surface area contributed by atoms with Gasteiger partial charge in [-0.25, -0.2) is 0 Å². The molecule has 3 nitrogen and oxygen atoms in total. The number of allylic oxidation sites excluding steroid dienone is 2. The Morgan fingerprint density at radius 2 is 2.36 bits per heavy atom. The van der Waals surface area contributed by atoms with E-state index in [1.807, 2.05) is 25.2 Å². The second-order valence-electron chi connectivity index (χ2n) is 3.83. The minimum absolute atomic E-state index is 0.408. The van der Waals surface area contributed by atoms with Gasteiger partial charge < -0.3 is 9.57 Å². The quantitative estimate of drug-likeness (QED) is 0.669. The highest BCUT2D eigenvalue weighted by atomic mass is 16.7. The van der Waals surface area contributed by atoms with Crippen LogP contribution in [0.2, 0.25) is 0 Å². The van der Waals surface area contributed by atoms with E-state index in [9.17, 15) is 0 Å². The van der Waals surface area contributed by atoms with E-state index in [0.29, 0.717) is 6.42 Å². The molecule has 0 aromatic rings. The molecular weight excluding hydrogens is 178 g/mol. The van der Waals surface area contributed by atoms with Crippen LogP contribution in [0.1, 0.15) is 19.8 Å². The molecule has 0 saturated carbocycles. The fourth-order valence-corrected chi connectivity index (χ4v) is 1.94. The monoisotopic (exact) mass is 192 g/mol. The summed E-state index contributed by atoms with van der Waals surface area (Å²) in [5, 5.41) is 3.72. The van der Waals surface area contributed by atoms with Crippen LogP contribution in [0, 0.1) is 0 Å².